The molecule has 0 aromatic heterocycles. The SMILES string of the molecule is CCOc1ccc(Cl)cc1NC(C)c1cccc(O)c1. The van der Waals surface area contributed by atoms with Crippen molar-refractivity contribution in [2.24, 2.45) is 0 Å². The van der Waals surface area contributed by atoms with Gasteiger partial charge in [-0.1, -0.05) is 23.7 Å². The second kappa shape index (κ2) is 6.53. The van der Waals surface area contributed by atoms with Crippen molar-refractivity contribution in [3.63, 3.8) is 0 Å². The van der Waals surface area contributed by atoms with Gasteiger partial charge in [0.15, 0.2) is 0 Å². The van der Waals surface area contributed by atoms with E-state index < -0.39 is 0 Å². The maximum atomic E-state index is 9.54. The van der Waals surface area contributed by atoms with Crippen LogP contribution in [0.25, 0.3) is 0 Å². The van der Waals surface area contributed by atoms with E-state index in [1.165, 1.54) is 0 Å². The first-order valence-corrected chi connectivity index (χ1v) is 6.95. The molecule has 1 atom stereocenters. The maximum Gasteiger partial charge on any atom is 0.142 e. The summed E-state index contributed by atoms with van der Waals surface area (Å²) < 4.78 is 5.58. The second-order valence-electron chi connectivity index (χ2n) is 4.53. The first-order valence-electron chi connectivity index (χ1n) is 6.58. The standard InChI is InChI=1S/C16H18ClNO2/c1-3-20-16-8-7-13(17)10-15(16)18-11(2)12-5-4-6-14(19)9-12/h4-11,18-19H,3H2,1-2H3. The highest BCUT2D eigenvalue weighted by atomic mass is 35.5. The number of ether oxygens (including phenoxy) is 1. The Morgan fingerprint density at radius 2 is 2.05 bits per heavy atom. The largest absolute Gasteiger partial charge is 0.508 e. The molecule has 0 aliphatic heterocycles. The van der Waals surface area contributed by atoms with Crippen LogP contribution in [-0.4, -0.2) is 11.7 Å². The van der Waals surface area contributed by atoms with Crippen LogP contribution in [0.1, 0.15) is 25.5 Å². The van der Waals surface area contributed by atoms with Crippen molar-refractivity contribution in [3.8, 4) is 11.5 Å². The fourth-order valence-electron chi connectivity index (χ4n) is 2.01. The van der Waals surface area contributed by atoms with Gasteiger partial charge in [-0.25, -0.2) is 0 Å². The fraction of sp³-hybridized carbons (Fsp3) is 0.250. The van der Waals surface area contributed by atoms with Crippen LogP contribution in [0.15, 0.2) is 42.5 Å². The molecule has 2 aromatic rings. The monoisotopic (exact) mass is 291 g/mol. The quantitative estimate of drug-likeness (QED) is 0.845. The Labute approximate surface area is 124 Å². The van der Waals surface area contributed by atoms with Gasteiger partial charge in [-0.05, 0) is 49.7 Å². The molecular formula is C16H18ClNO2. The molecule has 2 aromatic carbocycles. The Balaban J connectivity index is 2.22. The van der Waals surface area contributed by atoms with Gasteiger partial charge in [-0.2, -0.15) is 0 Å². The summed E-state index contributed by atoms with van der Waals surface area (Å²) in [6, 6.07) is 12.7. The number of hydrogen-bond donors (Lipinski definition) is 2. The van der Waals surface area contributed by atoms with Crippen LogP contribution in [0.3, 0.4) is 0 Å². The molecule has 0 fully saturated rings. The van der Waals surface area contributed by atoms with Crippen molar-refractivity contribution in [2.45, 2.75) is 19.9 Å². The van der Waals surface area contributed by atoms with Gasteiger partial charge in [0.05, 0.1) is 12.3 Å². The van der Waals surface area contributed by atoms with Crippen LogP contribution in [0.2, 0.25) is 5.02 Å². The van der Waals surface area contributed by atoms with E-state index in [9.17, 15) is 5.11 Å². The first kappa shape index (κ1) is 14.5. The van der Waals surface area contributed by atoms with E-state index in [2.05, 4.69) is 5.32 Å². The number of halogens is 1. The average molecular weight is 292 g/mol. The third-order valence-electron chi connectivity index (χ3n) is 2.98. The van der Waals surface area contributed by atoms with Gasteiger partial charge in [-0.15, -0.1) is 0 Å². The number of benzene rings is 2. The zero-order valence-corrected chi connectivity index (χ0v) is 12.3. The summed E-state index contributed by atoms with van der Waals surface area (Å²) in [6.45, 7) is 4.55. The molecule has 4 heteroatoms. The van der Waals surface area contributed by atoms with Crippen molar-refractivity contribution in [1.82, 2.24) is 0 Å². The number of nitrogens with one attached hydrogen (secondary N) is 1. The molecule has 0 amide bonds. The zero-order chi connectivity index (χ0) is 14.5. The van der Waals surface area contributed by atoms with Gasteiger partial charge < -0.3 is 15.2 Å². The molecule has 106 valence electrons. The number of hydrogen-bond acceptors (Lipinski definition) is 3. The molecular weight excluding hydrogens is 274 g/mol. The van der Waals surface area contributed by atoms with Crippen molar-refractivity contribution in [3.05, 3.63) is 53.1 Å². The molecule has 0 aliphatic rings. The lowest BCUT2D eigenvalue weighted by atomic mass is 10.1. The number of phenolic OH excluding ortho intramolecular Hbond substituents is 1. The Bertz CT molecular complexity index is 586. The lowest BCUT2D eigenvalue weighted by Crippen LogP contribution is -2.08. The minimum absolute atomic E-state index is 0.0276. The van der Waals surface area contributed by atoms with E-state index >= 15 is 0 Å². The minimum Gasteiger partial charge on any atom is -0.508 e. The summed E-state index contributed by atoms with van der Waals surface area (Å²) in [5.41, 5.74) is 1.84. The third-order valence-corrected chi connectivity index (χ3v) is 3.22. The van der Waals surface area contributed by atoms with E-state index in [0.29, 0.717) is 11.6 Å². The molecule has 3 nitrogen and oxygen atoms in total. The molecule has 0 bridgehead atoms. The molecule has 2 N–H and O–H groups in total. The van der Waals surface area contributed by atoms with Crippen LogP contribution in [0.5, 0.6) is 11.5 Å². The predicted octanol–water partition coefficient (Wildman–Crippen LogP) is 4.62. The van der Waals surface area contributed by atoms with E-state index in [4.69, 9.17) is 16.3 Å². The highest BCUT2D eigenvalue weighted by Gasteiger charge is 2.10. The van der Waals surface area contributed by atoms with Gasteiger partial charge in [-0.3, -0.25) is 0 Å². The van der Waals surface area contributed by atoms with E-state index in [0.717, 1.165) is 17.0 Å². The first-order chi connectivity index (χ1) is 9.60. The van der Waals surface area contributed by atoms with Crippen molar-refractivity contribution in [2.75, 3.05) is 11.9 Å². The van der Waals surface area contributed by atoms with E-state index in [1.807, 2.05) is 38.1 Å². The number of phenols is 1. The van der Waals surface area contributed by atoms with Crippen LogP contribution >= 0.6 is 11.6 Å². The Hall–Kier alpha value is -1.87. The highest BCUT2D eigenvalue weighted by Crippen LogP contribution is 2.31. The molecule has 1 unspecified atom stereocenters. The summed E-state index contributed by atoms with van der Waals surface area (Å²) in [5, 5.41) is 13.5. The fourth-order valence-corrected chi connectivity index (χ4v) is 2.18. The molecule has 20 heavy (non-hydrogen) atoms. The maximum absolute atomic E-state index is 9.54. The summed E-state index contributed by atoms with van der Waals surface area (Å²) in [5.74, 6) is 1.02. The smallest absolute Gasteiger partial charge is 0.142 e. The summed E-state index contributed by atoms with van der Waals surface area (Å²) >= 11 is 6.04. The number of rotatable bonds is 5. The molecule has 0 saturated heterocycles. The topological polar surface area (TPSA) is 41.5 Å². The molecule has 2 rings (SSSR count). The van der Waals surface area contributed by atoms with Gasteiger partial charge in [0.25, 0.3) is 0 Å². The molecule has 0 saturated carbocycles. The molecule has 0 aliphatic carbocycles. The summed E-state index contributed by atoms with van der Waals surface area (Å²) in [6.07, 6.45) is 0. The van der Waals surface area contributed by atoms with Crippen LogP contribution in [0, 0.1) is 0 Å². The van der Waals surface area contributed by atoms with Crippen LogP contribution in [-0.2, 0) is 0 Å². The molecule has 0 heterocycles. The van der Waals surface area contributed by atoms with Gasteiger partial charge in [0.2, 0.25) is 0 Å². The van der Waals surface area contributed by atoms with Gasteiger partial charge in [0.1, 0.15) is 11.5 Å². The zero-order valence-electron chi connectivity index (χ0n) is 11.6. The molecule has 0 spiro atoms. The van der Waals surface area contributed by atoms with E-state index in [-0.39, 0.29) is 11.8 Å². The number of anilines is 1. The van der Waals surface area contributed by atoms with Gasteiger partial charge >= 0.3 is 0 Å². The minimum atomic E-state index is 0.0276. The summed E-state index contributed by atoms with van der Waals surface area (Å²) in [7, 11) is 0. The normalized spacial score (nSPS) is 11.9. The second-order valence-corrected chi connectivity index (χ2v) is 4.97. The van der Waals surface area contributed by atoms with Crippen molar-refractivity contribution >= 4 is 17.3 Å². The lowest BCUT2D eigenvalue weighted by molar-refractivity contribution is 0.341. The molecule has 0 radical (unpaired) electrons. The van der Waals surface area contributed by atoms with Crippen molar-refractivity contribution < 1.29 is 9.84 Å². The van der Waals surface area contributed by atoms with Crippen LogP contribution in [0.4, 0.5) is 5.69 Å². The Morgan fingerprint density at radius 1 is 1.25 bits per heavy atom. The average Bonchev–Trinajstić information content (AvgIpc) is 2.42. The third kappa shape index (κ3) is 3.58. The Morgan fingerprint density at radius 3 is 2.75 bits per heavy atom. The number of aromatic hydroxyl groups is 1. The van der Waals surface area contributed by atoms with Gasteiger partial charge in [0, 0.05) is 11.1 Å². The van der Waals surface area contributed by atoms with Crippen LogP contribution < -0.4 is 10.1 Å². The predicted molar refractivity (Wildman–Crippen MR) is 82.8 cm³/mol. The summed E-state index contributed by atoms with van der Waals surface area (Å²) in [4.78, 5) is 0. The highest BCUT2D eigenvalue weighted by molar-refractivity contribution is 6.30. The van der Waals surface area contributed by atoms with E-state index in [1.54, 1.807) is 18.2 Å². The Kier molecular flexibility index (Phi) is 4.74. The lowest BCUT2D eigenvalue weighted by Gasteiger charge is -2.19. The van der Waals surface area contributed by atoms with Crippen molar-refractivity contribution in [1.29, 1.82) is 0 Å².